The average molecular weight is 494 g/mol. The Morgan fingerprint density at radius 2 is 1.86 bits per heavy atom. The van der Waals surface area contributed by atoms with Crippen LogP contribution < -0.4 is 9.46 Å². The summed E-state index contributed by atoms with van der Waals surface area (Å²) in [7, 11) is -1.91. The minimum absolute atomic E-state index is 0.0372. The molecule has 186 valence electrons. The summed E-state index contributed by atoms with van der Waals surface area (Å²) >= 11 is 0. The molecule has 1 aromatic heterocycles. The monoisotopic (exact) mass is 493 g/mol. The van der Waals surface area contributed by atoms with Crippen LogP contribution in [0.2, 0.25) is 0 Å². The zero-order valence-corrected chi connectivity index (χ0v) is 21.2. The van der Waals surface area contributed by atoms with Gasteiger partial charge in [-0.1, -0.05) is 74.6 Å². The third kappa shape index (κ3) is 5.78. The topological polar surface area (TPSA) is 73.2 Å². The van der Waals surface area contributed by atoms with Crippen molar-refractivity contribution in [3.8, 4) is 5.75 Å². The molecule has 1 fully saturated rings. The first-order valence-corrected chi connectivity index (χ1v) is 14.2. The lowest BCUT2D eigenvalue weighted by molar-refractivity contribution is 0.175. The number of nitrogens with one attached hydrogen (secondary N) is 1. The number of benzene rings is 2. The molecule has 1 aliphatic carbocycles. The zero-order valence-electron chi connectivity index (χ0n) is 20.4. The molecule has 7 heteroatoms. The van der Waals surface area contributed by atoms with E-state index >= 15 is 0 Å². The van der Waals surface area contributed by atoms with Crippen LogP contribution in [0.4, 0.5) is 0 Å². The fraction of sp³-hybridized carbons (Fsp3) is 0.464. The van der Waals surface area contributed by atoms with Crippen molar-refractivity contribution in [1.82, 2.24) is 14.3 Å². The molecule has 2 heterocycles. The standard InChI is InChI=1S/C28H35N3O3S/c1-31-18-28(29-20-31)35(32,33)30-17-23-12-14-27-26(16-23)25(15-22-9-3-2-4-10-22)24(19-34-27)13-11-21-7-5-6-8-21/h2-4,9-10,12,14,16,18,20-21,24-25,30H,5-8,11,13,15,17,19H2,1H3. The van der Waals surface area contributed by atoms with Gasteiger partial charge in [0, 0.05) is 25.7 Å². The van der Waals surface area contributed by atoms with Gasteiger partial charge in [-0.05, 0) is 47.4 Å². The summed E-state index contributed by atoms with van der Waals surface area (Å²) in [6, 6.07) is 16.8. The summed E-state index contributed by atoms with van der Waals surface area (Å²) in [6.45, 7) is 0.972. The Morgan fingerprint density at radius 1 is 1.06 bits per heavy atom. The second-order valence-corrected chi connectivity index (χ2v) is 11.9. The molecule has 0 saturated heterocycles. The summed E-state index contributed by atoms with van der Waals surface area (Å²) < 4.78 is 35.9. The molecule has 0 spiro atoms. The Hall–Kier alpha value is -2.64. The normalized spacial score (nSPS) is 20.5. The van der Waals surface area contributed by atoms with E-state index in [2.05, 4.69) is 46.1 Å². The van der Waals surface area contributed by atoms with Crippen LogP contribution in [0.15, 0.2) is 66.1 Å². The van der Waals surface area contributed by atoms with E-state index in [1.165, 1.54) is 62.2 Å². The van der Waals surface area contributed by atoms with Crippen LogP contribution in [-0.4, -0.2) is 24.6 Å². The van der Waals surface area contributed by atoms with Crippen LogP contribution in [0.3, 0.4) is 0 Å². The van der Waals surface area contributed by atoms with Crippen LogP contribution in [0.25, 0.3) is 0 Å². The minimum Gasteiger partial charge on any atom is -0.493 e. The maximum atomic E-state index is 12.7. The lowest BCUT2D eigenvalue weighted by Gasteiger charge is -2.35. The Bertz CT molecular complexity index is 1230. The number of hydrogen-bond acceptors (Lipinski definition) is 4. The molecule has 1 N–H and O–H groups in total. The lowest BCUT2D eigenvalue weighted by atomic mass is 9.76. The van der Waals surface area contributed by atoms with E-state index < -0.39 is 10.0 Å². The lowest BCUT2D eigenvalue weighted by Crippen LogP contribution is -2.28. The molecule has 2 aliphatic rings. The molecule has 6 nitrogen and oxygen atoms in total. The van der Waals surface area contributed by atoms with Gasteiger partial charge >= 0.3 is 0 Å². The van der Waals surface area contributed by atoms with Gasteiger partial charge in [0.05, 0.1) is 12.9 Å². The predicted octanol–water partition coefficient (Wildman–Crippen LogP) is 5.20. The summed E-state index contributed by atoms with van der Waals surface area (Å²) in [4.78, 5) is 3.98. The van der Waals surface area contributed by atoms with Crippen LogP contribution in [-0.2, 0) is 30.0 Å². The van der Waals surface area contributed by atoms with Gasteiger partial charge in [0.15, 0.2) is 5.03 Å². The first-order chi connectivity index (χ1) is 17.0. The van der Waals surface area contributed by atoms with Gasteiger partial charge in [0.25, 0.3) is 10.0 Å². The quantitative estimate of drug-likeness (QED) is 0.444. The summed E-state index contributed by atoms with van der Waals surface area (Å²) in [6.07, 6.45) is 11.9. The number of aryl methyl sites for hydroxylation is 1. The number of imidazole rings is 1. The third-order valence-corrected chi connectivity index (χ3v) is 8.92. The second-order valence-electron chi connectivity index (χ2n) is 10.2. The highest BCUT2D eigenvalue weighted by Gasteiger charge is 2.32. The van der Waals surface area contributed by atoms with E-state index in [-0.39, 0.29) is 11.6 Å². The van der Waals surface area contributed by atoms with Gasteiger partial charge in [-0.15, -0.1) is 0 Å². The predicted molar refractivity (Wildman–Crippen MR) is 137 cm³/mol. The number of ether oxygens (including phenoxy) is 1. The Labute approximate surface area is 208 Å². The van der Waals surface area contributed by atoms with E-state index in [1.807, 2.05) is 12.1 Å². The van der Waals surface area contributed by atoms with E-state index in [0.29, 0.717) is 11.8 Å². The molecule has 3 aromatic rings. The van der Waals surface area contributed by atoms with Crippen molar-refractivity contribution in [3.05, 3.63) is 77.7 Å². The van der Waals surface area contributed by atoms with Gasteiger partial charge < -0.3 is 9.30 Å². The average Bonchev–Trinajstić information content (AvgIpc) is 3.55. The molecular weight excluding hydrogens is 458 g/mol. The Morgan fingerprint density at radius 3 is 2.60 bits per heavy atom. The first kappa shape index (κ1) is 24.1. The highest BCUT2D eigenvalue weighted by Crippen LogP contribution is 2.43. The number of hydrogen-bond donors (Lipinski definition) is 1. The molecule has 2 atom stereocenters. The number of nitrogens with zero attached hydrogens (tertiary/aromatic N) is 2. The number of fused-ring (bicyclic) bond motifs is 1. The SMILES string of the molecule is Cn1cnc(S(=O)(=O)NCc2ccc3c(c2)C(Cc2ccccc2)C(CCC2CCCC2)CO3)c1. The number of aromatic nitrogens is 2. The van der Waals surface area contributed by atoms with Crippen LogP contribution in [0.5, 0.6) is 5.75 Å². The van der Waals surface area contributed by atoms with Crippen molar-refractivity contribution in [1.29, 1.82) is 0 Å². The molecule has 35 heavy (non-hydrogen) atoms. The Balaban J connectivity index is 1.36. The molecule has 1 saturated carbocycles. The number of sulfonamides is 1. The molecule has 5 rings (SSSR count). The van der Waals surface area contributed by atoms with E-state index in [1.54, 1.807) is 11.6 Å². The molecular formula is C28H35N3O3S. The fourth-order valence-corrected chi connectivity index (χ4v) is 6.65. The van der Waals surface area contributed by atoms with Crippen molar-refractivity contribution in [2.24, 2.45) is 18.9 Å². The van der Waals surface area contributed by atoms with E-state index in [9.17, 15) is 8.42 Å². The maximum Gasteiger partial charge on any atom is 0.259 e. The van der Waals surface area contributed by atoms with Gasteiger partial charge in [-0.2, -0.15) is 0 Å². The second kappa shape index (κ2) is 10.5. The van der Waals surface area contributed by atoms with E-state index in [4.69, 9.17) is 4.74 Å². The van der Waals surface area contributed by atoms with Crippen LogP contribution in [0.1, 0.15) is 61.1 Å². The maximum absolute atomic E-state index is 12.7. The van der Waals surface area contributed by atoms with E-state index in [0.717, 1.165) is 30.3 Å². The molecule has 0 amide bonds. The van der Waals surface area contributed by atoms with Crippen molar-refractivity contribution in [2.45, 2.75) is 62.4 Å². The van der Waals surface area contributed by atoms with Crippen LogP contribution >= 0.6 is 0 Å². The summed E-state index contributed by atoms with van der Waals surface area (Å²) in [5.41, 5.74) is 3.46. The fourth-order valence-electron chi connectivity index (χ4n) is 5.65. The zero-order chi connectivity index (χ0) is 24.3. The molecule has 0 bridgehead atoms. The minimum atomic E-state index is -3.66. The Kier molecular flexibility index (Phi) is 7.25. The van der Waals surface area contributed by atoms with Gasteiger partial charge in [0.1, 0.15) is 5.75 Å². The summed E-state index contributed by atoms with van der Waals surface area (Å²) in [5, 5.41) is 0.0372. The van der Waals surface area contributed by atoms with Gasteiger partial charge in [-0.3, -0.25) is 0 Å². The van der Waals surface area contributed by atoms with Gasteiger partial charge in [0.2, 0.25) is 0 Å². The smallest absolute Gasteiger partial charge is 0.259 e. The molecule has 0 radical (unpaired) electrons. The van der Waals surface area contributed by atoms with Crippen molar-refractivity contribution >= 4 is 10.0 Å². The number of rotatable bonds is 9. The van der Waals surface area contributed by atoms with Crippen molar-refractivity contribution in [2.75, 3.05) is 6.61 Å². The van der Waals surface area contributed by atoms with Crippen molar-refractivity contribution < 1.29 is 13.2 Å². The first-order valence-electron chi connectivity index (χ1n) is 12.7. The summed E-state index contributed by atoms with van der Waals surface area (Å²) in [5.74, 6) is 2.61. The molecule has 2 aromatic carbocycles. The van der Waals surface area contributed by atoms with Crippen LogP contribution in [0, 0.1) is 11.8 Å². The van der Waals surface area contributed by atoms with Crippen molar-refractivity contribution in [3.63, 3.8) is 0 Å². The molecule has 1 aliphatic heterocycles. The highest BCUT2D eigenvalue weighted by atomic mass is 32.2. The third-order valence-electron chi connectivity index (χ3n) is 7.64. The molecule has 2 unspecified atom stereocenters. The highest BCUT2D eigenvalue weighted by molar-refractivity contribution is 7.89. The van der Waals surface area contributed by atoms with Gasteiger partial charge in [-0.25, -0.2) is 18.1 Å². The largest absolute Gasteiger partial charge is 0.493 e.